The van der Waals surface area contributed by atoms with Gasteiger partial charge in [-0.15, -0.1) is 0 Å². The molecule has 25 heavy (non-hydrogen) atoms. The van der Waals surface area contributed by atoms with Crippen LogP contribution < -0.4 is 10.6 Å². The Balaban J connectivity index is 1.48. The lowest BCUT2D eigenvalue weighted by molar-refractivity contribution is 0.0900. The predicted molar refractivity (Wildman–Crippen MR) is 98.2 cm³/mol. The molecular formula is C20H24N4O. The van der Waals surface area contributed by atoms with Gasteiger partial charge in [0.15, 0.2) is 0 Å². The van der Waals surface area contributed by atoms with Crippen molar-refractivity contribution in [3.05, 3.63) is 53.7 Å². The maximum Gasteiger partial charge on any atom is 0.269 e. The molecule has 0 radical (unpaired) electrons. The van der Waals surface area contributed by atoms with Crippen LogP contribution in [0.3, 0.4) is 0 Å². The number of nitrogens with zero attached hydrogens (tertiary/aromatic N) is 2. The van der Waals surface area contributed by atoms with Gasteiger partial charge in [-0.2, -0.15) is 5.10 Å². The second-order valence-electron chi connectivity index (χ2n) is 6.76. The molecule has 2 aromatic rings. The van der Waals surface area contributed by atoms with Crippen molar-refractivity contribution in [3.63, 3.8) is 0 Å². The summed E-state index contributed by atoms with van der Waals surface area (Å²) in [6.45, 7) is 1.48. The van der Waals surface area contributed by atoms with Gasteiger partial charge in [0.1, 0.15) is 11.9 Å². The van der Waals surface area contributed by atoms with Crippen LogP contribution in [0.15, 0.2) is 48.0 Å². The lowest BCUT2D eigenvalue weighted by Gasteiger charge is -2.26. The molecule has 5 nitrogen and oxygen atoms in total. The van der Waals surface area contributed by atoms with Crippen molar-refractivity contribution in [3.8, 4) is 11.3 Å². The summed E-state index contributed by atoms with van der Waals surface area (Å²) in [6, 6.07) is 11.9. The Morgan fingerprint density at radius 1 is 1.24 bits per heavy atom. The Labute approximate surface area is 148 Å². The molecule has 0 bridgehead atoms. The van der Waals surface area contributed by atoms with E-state index in [1.165, 1.54) is 25.7 Å². The van der Waals surface area contributed by atoms with E-state index in [0.29, 0.717) is 12.2 Å². The van der Waals surface area contributed by atoms with Gasteiger partial charge in [-0.25, -0.2) is 4.68 Å². The number of carbonyl (C=O) groups excluding carboxylic acids is 1. The molecule has 1 aliphatic heterocycles. The molecule has 2 aliphatic rings. The minimum atomic E-state index is -0.0530. The van der Waals surface area contributed by atoms with Crippen molar-refractivity contribution in [1.29, 1.82) is 0 Å². The first-order valence-electron chi connectivity index (χ1n) is 9.16. The zero-order valence-corrected chi connectivity index (χ0v) is 14.4. The van der Waals surface area contributed by atoms with Crippen LogP contribution in [0.4, 0.5) is 0 Å². The molecule has 2 N–H and O–H groups in total. The molecule has 2 heterocycles. The van der Waals surface area contributed by atoms with Gasteiger partial charge < -0.3 is 5.32 Å². The fourth-order valence-corrected chi connectivity index (χ4v) is 3.61. The molecule has 0 saturated carbocycles. The average Bonchev–Trinajstić information content (AvgIpc) is 3.12. The number of benzene rings is 1. The van der Waals surface area contributed by atoms with E-state index in [-0.39, 0.29) is 12.1 Å². The topological polar surface area (TPSA) is 59.0 Å². The van der Waals surface area contributed by atoms with E-state index in [1.807, 2.05) is 41.1 Å². The first kappa shape index (κ1) is 16.1. The van der Waals surface area contributed by atoms with E-state index in [4.69, 9.17) is 5.10 Å². The van der Waals surface area contributed by atoms with Crippen LogP contribution in [0.1, 0.15) is 48.8 Å². The fraction of sp³-hybridized carbons (Fsp3) is 0.400. The van der Waals surface area contributed by atoms with Gasteiger partial charge in [0.05, 0.1) is 12.2 Å². The van der Waals surface area contributed by atoms with Crippen LogP contribution in [0.2, 0.25) is 0 Å². The molecular weight excluding hydrogens is 312 g/mol. The number of nitrogens with one attached hydrogen (secondary N) is 2. The quantitative estimate of drug-likeness (QED) is 0.824. The molecule has 5 heteroatoms. The van der Waals surface area contributed by atoms with E-state index in [0.717, 1.165) is 24.2 Å². The smallest absolute Gasteiger partial charge is 0.269 e. The number of fused-ring (bicyclic) bond motifs is 1. The van der Waals surface area contributed by atoms with Gasteiger partial charge >= 0.3 is 0 Å². The molecule has 0 saturated heterocycles. The maximum atomic E-state index is 12.2. The third-order valence-corrected chi connectivity index (χ3v) is 5.00. The van der Waals surface area contributed by atoms with Gasteiger partial charge in [0, 0.05) is 12.1 Å². The zero-order chi connectivity index (χ0) is 17.1. The molecule has 1 amide bonds. The number of carbonyl (C=O) groups is 1. The summed E-state index contributed by atoms with van der Waals surface area (Å²) in [4.78, 5) is 12.2. The number of allylic oxidation sites excluding steroid dienone is 1. The number of hydrogen-bond donors (Lipinski definition) is 2. The van der Waals surface area contributed by atoms with Gasteiger partial charge in [-0.1, -0.05) is 42.0 Å². The molecule has 0 spiro atoms. The molecule has 1 atom stereocenters. The van der Waals surface area contributed by atoms with E-state index in [9.17, 15) is 4.79 Å². The van der Waals surface area contributed by atoms with Crippen molar-refractivity contribution in [2.45, 2.75) is 38.3 Å². The zero-order valence-electron chi connectivity index (χ0n) is 14.4. The summed E-state index contributed by atoms with van der Waals surface area (Å²) in [6.07, 6.45) is 8.56. The van der Waals surface area contributed by atoms with Crippen molar-refractivity contribution in [2.75, 3.05) is 13.1 Å². The van der Waals surface area contributed by atoms with Crippen LogP contribution in [-0.4, -0.2) is 28.8 Å². The predicted octanol–water partition coefficient (Wildman–Crippen LogP) is 3.27. The van der Waals surface area contributed by atoms with Gasteiger partial charge in [0.25, 0.3) is 5.91 Å². The van der Waals surface area contributed by atoms with Crippen LogP contribution in [0.5, 0.6) is 0 Å². The lowest BCUT2D eigenvalue weighted by atomic mass is 9.97. The third-order valence-electron chi connectivity index (χ3n) is 5.00. The fourth-order valence-electron chi connectivity index (χ4n) is 3.61. The molecule has 0 fully saturated rings. The van der Waals surface area contributed by atoms with Gasteiger partial charge in [-0.05, 0) is 38.2 Å². The normalized spacial score (nSPS) is 19.9. The second-order valence-corrected chi connectivity index (χ2v) is 6.76. The van der Waals surface area contributed by atoms with E-state index in [2.05, 4.69) is 16.7 Å². The van der Waals surface area contributed by atoms with Crippen LogP contribution in [0.25, 0.3) is 11.3 Å². The standard InChI is InChI=1S/C20H24N4O/c25-20-18-13-17(16-9-5-2-6-10-16)23-24(18)19(14-22-20)21-12-11-15-7-3-1-4-8-15/h2,5-7,9-10,13,19,21H,1,3-4,8,11-12,14H2,(H,22,25). The Morgan fingerprint density at radius 2 is 2.12 bits per heavy atom. The van der Waals surface area contributed by atoms with Crippen LogP contribution in [0, 0.1) is 0 Å². The first-order valence-corrected chi connectivity index (χ1v) is 9.16. The molecule has 1 aromatic heterocycles. The first-order chi connectivity index (χ1) is 12.3. The van der Waals surface area contributed by atoms with E-state index in [1.54, 1.807) is 5.57 Å². The Kier molecular flexibility index (Phi) is 4.65. The van der Waals surface area contributed by atoms with Gasteiger partial charge in [0.2, 0.25) is 0 Å². The largest absolute Gasteiger partial charge is 0.347 e. The van der Waals surface area contributed by atoms with Crippen molar-refractivity contribution in [1.82, 2.24) is 20.4 Å². The summed E-state index contributed by atoms with van der Waals surface area (Å²) < 4.78 is 1.84. The summed E-state index contributed by atoms with van der Waals surface area (Å²) in [5.41, 5.74) is 4.06. The van der Waals surface area contributed by atoms with Crippen molar-refractivity contribution < 1.29 is 4.79 Å². The highest BCUT2D eigenvalue weighted by Crippen LogP contribution is 2.23. The van der Waals surface area contributed by atoms with Crippen LogP contribution in [-0.2, 0) is 0 Å². The number of rotatable bonds is 5. The molecule has 1 unspecified atom stereocenters. The minimum absolute atomic E-state index is 0.00866. The molecule has 130 valence electrons. The highest BCUT2D eigenvalue weighted by atomic mass is 16.2. The average molecular weight is 336 g/mol. The third kappa shape index (κ3) is 3.51. The number of amides is 1. The SMILES string of the molecule is O=C1NCC(NCCC2=CCCCC2)n2nc(-c3ccccc3)cc21. The highest BCUT2D eigenvalue weighted by Gasteiger charge is 2.27. The highest BCUT2D eigenvalue weighted by molar-refractivity contribution is 5.94. The lowest BCUT2D eigenvalue weighted by Crippen LogP contribution is -2.45. The van der Waals surface area contributed by atoms with Crippen molar-refractivity contribution >= 4 is 5.91 Å². The Bertz CT molecular complexity index is 778. The van der Waals surface area contributed by atoms with E-state index < -0.39 is 0 Å². The maximum absolute atomic E-state index is 12.2. The monoisotopic (exact) mass is 336 g/mol. The summed E-state index contributed by atoms with van der Waals surface area (Å²) in [5, 5.41) is 11.2. The molecule has 1 aliphatic carbocycles. The van der Waals surface area contributed by atoms with E-state index >= 15 is 0 Å². The summed E-state index contributed by atoms with van der Waals surface area (Å²) in [7, 11) is 0. The summed E-state index contributed by atoms with van der Waals surface area (Å²) in [5.74, 6) is -0.0530. The summed E-state index contributed by atoms with van der Waals surface area (Å²) >= 11 is 0. The second kappa shape index (κ2) is 7.23. The Morgan fingerprint density at radius 3 is 2.92 bits per heavy atom. The Hall–Kier alpha value is -2.40. The molecule has 1 aromatic carbocycles. The van der Waals surface area contributed by atoms with Crippen molar-refractivity contribution in [2.24, 2.45) is 0 Å². The number of aromatic nitrogens is 2. The minimum Gasteiger partial charge on any atom is -0.347 e. The van der Waals surface area contributed by atoms with Gasteiger partial charge in [-0.3, -0.25) is 10.1 Å². The molecule has 4 rings (SSSR count). The van der Waals surface area contributed by atoms with Crippen LogP contribution >= 0.6 is 0 Å². The number of hydrogen-bond acceptors (Lipinski definition) is 3.